The van der Waals surface area contributed by atoms with Crippen LogP contribution in [0.1, 0.15) is 12.5 Å². The molecule has 5 heteroatoms. The molecular formula is C14H13ClN2O2. The lowest BCUT2D eigenvalue weighted by Crippen LogP contribution is -2.40. The van der Waals surface area contributed by atoms with E-state index in [9.17, 15) is 9.90 Å². The van der Waals surface area contributed by atoms with Crippen LogP contribution in [0.25, 0.3) is 0 Å². The molecule has 0 aliphatic rings. The number of benzene rings is 1. The van der Waals surface area contributed by atoms with Gasteiger partial charge in [0.2, 0.25) is 0 Å². The number of anilines is 1. The first-order chi connectivity index (χ1) is 9.02. The van der Waals surface area contributed by atoms with E-state index in [1.165, 1.54) is 6.20 Å². The van der Waals surface area contributed by atoms with E-state index in [0.29, 0.717) is 16.3 Å². The molecular weight excluding hydrogens is 264 g/mol. The molecule has 0 amide bonds. The molecule has 19 heavy (non-hydrogen) atoms. The number of halogens is 1. The van der Waals surface area contributed by atoms with Crippen LogP contribution >= 0.6 is 11.6 Å². The molecule has 0 saturated carbocycles. The summed E-state index contributed by atoms with van der Waals surface area (Å²) in [5.74, 6) is -0.976. The topological polar surface area (TPSA) is 62.2 Å². The highest BCUT2D eigenvalue weighted by Gasteiger charge is 2.35. The summed E-state index contributed by atoms with van der Waals surface area (Å²) in [5, 5.41) is 13.1. The number of carboxylic acids is 1. The maximum Gasteiger partial charge on any atom is 0.333 e. The standard InChI is InChI=1S/C14H13ClN2O2/c1-14(13(18)19,10-3-2-8-16-9-10)17-12-6-4-11(15)5-7-12/h2-9,17H,1H3,(H,18,19). The van der Waals surface area contributed by atoms with Gasteiger partial charge in [0, 0.05) is 28.7 Å². The van der Waals surface area contributed by atoms with Gasteiger partial charge in [0.25, 0.3) is 0 Å². The summed E-state index contributed by atoms with van der Waals surface area (Å²) >= 11 is 5.81. The Bertz CT molecular complexity index is 572. The van der Waals surface area contributed by atoms with Crippen LogP contribution in [0, 0.1) is 0 Å². The maximum atomic E-state index is 11.6. The monoisotopic (exact) mass is 276 g/mol. The SMILES string of the molecule is CC(Nc1ccc(Cl)cc1)(C(=O)O)c1cccnc1. The van der Waals surface area contributed by atoms with E-state index < -0.39 is 11.5 Å². The van der Waals surface area contributed by atoms with E-state index in [1.807, 2.05) is 0 Å². The Morgan fingerprint density at radius 3 is 2.53 bits per heavy atom. The van der Waals surface area contributed by atoms with Gasteiger partial charge in [-0.2, -0.15) is 0 Å². The van der Waals surface area contributed by atoms with Crippen molar-refractivity contribution in [2.45, 2.75) is 12.5 Å². The fourth-order valence-electron chi connectivity index (χ4n) is 1.73. The predicted molar refractivity (Wildman–Crippen MR) is 74.3 cm³/mol. The average molecular weight is 277 g/mol. The van der Waals surface area contributed by atoms with Crippen molar-refractivity contribution in [1.82, 2.24) is 4.98 Å². The fourth-order valence-corrected chi connectivity index (χ4v) is 1.86. The van der Waals surface area contributed by atoms with Crippen molar-refractivity contribution in [3.8, 4) is 0 Å². The molecule has 2 rings (SSSR count). The smallest absolute Gasteiger partial charge is 0.333 e. The van der Waals surface area contributed by atoms with Crippen LogP contribution in [0.4, 0.5) is 5.69 Å². The number of hydrogen-bond acceptors (Lipinski definition) is 3. The van der Waals surface area contributed by atoms with Crippen LogP contribution in [-0.2, 0) is 10.3 Å². The number of pyridine rings is 1. The summed E-state index contributed by atoms with van der Waals surface area (Å²) in [7, 11) is 0. The van der Waals surface area contributed by atoms with Gasteiger partial charge in [0.1, 0.15) is 0 Å². The van der Waals surface area contributed by atoms with E-state index in [4.69, 9.17) is 11.6 Å². The Morgan fingerprint density at radius 2 is 2.00 bits per heavy atom. The molecule has 0 aliphatic carbocycles. The lowest BCUT2D eigenvalue weighted by atomic mass is 9.93. The summed E-state index contributed by atoms with van der Waals surface area (Å²) < 4.78 is 0. The molecule has 0 bridgehead atoms. The third-order valence-corrected chi connectivity index (χ3v) is 3.16. The second-order valence-corrected chi connectivity index (χ2v) is 4.74. The quantitative estimate of drug-likeness (QED) is 0.900. The zero-order valence-corrected chi connectivity index (χ0v) is 11.1. The average Bonchev–Trinajstić information content (AvgIpc) is 2.42. The minimum Gasteiger partial charge on any atom is -0.479 e. The lowest BCUT2D eigenvalue weighted by molar-refractivity contribution is -0.142. The summed E-state index contributed by atoms with van der Waals surface area (Å²) in [5.41, 5.74) is 0.0119. The molecule has 1 aromatic carbocycles. The Balaban J connectivity index is 2.36. The van der Waals surface area contributed by atoms with Crippen molar-refractivity contribution in [2.24, 2.45) is 0 Å². The first kappa shape index (κ1) is 13.4. The molecule has 98 valence electrons. The van der Waals surface area contributed by atoms with E-state index in [1.54, 1.807) is 49.5 Å². The van der Waals surface area contributed by atoms with Crippen LogP contribution in [0.3, 0.4) is 0 Å². The molecule has 0 aliphatic heterocycles. The maximum absolute atomic E-state index is 11.6. The summed E-state index contributed by atoms with van der Waals surface area (Å²) in [6, 6.07) is 10.3. The van der Waals surface area contributed by atoms with Crippen LogP contribution < -0.4 is 5.32 Å². The Kier molecular flexibility index (Phi) is 3.71. The Morgan fingerprint density at radius 1 is 1.32 bits per heavy atom. The van der Waals surface area contributed by atoms with Crippen LogP contribution in [0.15, 0.2) is 48.8 Å². The number of aromatic nitrogens is 1. The molecule has 0 fully saturated rings. The van der Waals surface area contributed by atoms with Crippen molar-refractivity contribution < 1.29 is 9.90 Å². The minimum atomic E-state index is -1.25. The molecule has 1 atom stereocenters. The molecule has 1 heterocycles. The van der Waals surface area contributed by atoms with Gasteiger partial charge in [-0.15, -0.1) is 0 Å². The fraction of sp³-hybridized carbons (Fsp3) is 0.143. The molecule has 0 spiro atoms. The predicted octanol–water partition coefficient (Wildman–Crippen LogP) is 3.15. The number of rotatable bonds is 4. The minimum absolute atomic E-state index is 0.581. The van der Waals surface area contributed by atoms with Gasteiger partial charge in [-0.05, 0) is 37.3 Å². The van der Waals surface area contributed by atoms with Gasteiger partial charge >= 0.3 is 5.97 Å². The zero-order valence-electron chi connectivity index (χ0n) is 10.3. The summed E-state index contributed by atoms with van der Waals surface area (Å²) in [6.45, 7) is 1.60. The zero-order chi connectivity index (χ0) is 13.9. The van der Waals surface area contributed by atoms with Gasteiger partial charge in [-0.1, -0.05) is 17.7 Å². The first-order valence-corrected chi connectivity index (χ1v) is 6.08. The van der Waals surface area contributed by atoms with Crippen molar-refractivity contribution in [2.75, 3.05) is 5.32 Å². The molecule has 1 aromatic heterocycles. The van der Waals surface area contributed by atoms with Gasteiger partial charge in [-0.25, -0.2) is 4.79 Å². The number of aliphatic carboxylic acids is 1. The van der Waals surface area contributed by atoms with Crippen molar-refractivity contribution in [3.05, 3.63) is 59.4 Å². The normalized spacial score (nSPS) is 13.6. The van der Waals surface area contributed by atoms with Gasteiger partial charge in [0.15, 0.2) is 5.54 Å². The van der Waals surface area contributed by atoms with E-state index in [2.05, 4.69) is 10.3 Å². The third kappa shape index (κ3) is 2.85. The van der Waals surface area contributed by atoms with Crippen molar-refractivity contribution >= 4 is 23.3 Å². The van der Waals surface area contributed by atoms with E-state index >= 15 is 0 Å². The van der Waals surface area contributed by atoms with Crippen LogP contribution in [-0.4, -0.2) is 16.1 Å². The van der Waals surface area contributed by atoms with E-state index in [0.717, 1.165) is 0 Å². The first-order valence-electron chi connectivity index (χ1n) is 5.70. The molecule has 4 nitrogen and oxygen atoms in total. The number of nitrogens with zero attached hydrogens (tertiary/aromatic N) is 1. The van der Waals surface area contributed by atoms with Gasteiger partial charge in [-0.3, -0.25) is 4.98 Å². The second-order valence-electron chi connectivity index (χ2n) is 4.30. The largest absolute Gasteiger partial charge is 0.479 e. The second kappa shape index (κ2) is 5.28. The van der Waals surface area contributed by atoms with Gasteiger partial charge in [0.05, 0.1) is 0 Å². The lowest BCUT2D eigenvalue weighted by Gasteiger charge is -2.27. The molecule has 1 unspecified atom stereocenters. The highest BCUT2D eigenvalue weighted by Crippen LogP contribution is 2.26. The summed E-state index contributed by atoms with van der Waals surface area (Å²) in [6.07, 6.45) is 3.14. The molecule has 2 N–H and O–H groups in total. The Labute approximate surface area is 116 Å². The van der Waals surface area contributed by atoms with Crippen LogP contribution in [0.2, 0.25) is 5.02 Å². The van der Waals surface area contributed by atoms with Crippen LogP contribution in [0.5, 0.6) is 0 Å². The summed E-state index contributed by atoms with van der Waals surface area (Å²) in [4.78, 5) is 15.5. The molecule has 2 aromatic rings. The highest BCUT2D eigenvalue weighted by atomic mass is 35.5. The van der Waals surface area contributed by atoms with E-state index in [-0.39, 0.29) is 0 Å². The van der Waals surface area contributed by atoms with Crippen molar-refractivity contribution in [1.29, 1.82) is 0 Å². The Hall–Kier alpha value is -2.07. The number of nitrogens with one attached hydrogen (secondary N) is 1. The number of carboxylic acid groups (broad SMARTS) is 1. The van der Waals surface area contributed by atoms with Gasteiger partial charge < -0.3 is 10.4 Å². The molecule has 0 radical (unpaired) electrons. The third-order valence-electron chi connectivity index (χ3n) is 2.91. The number of hydrogen-bond donors (Lipinski definition) is 2. The highest BCUT2D eigenvalue weighted by molar-refractivity contribution is 6.30. The van der Waals surface area contributed by atoms with Crippen molar-refractivity contribution in [3.63, 3.8) is 0 Å². The number of carbonyl (C=O) groups is 1. The molecule has 0 saturated heterocycles.